The molecule has 1 aromatic rings. The minimum atomic E-state index is -0.456. The van der Waals surface area contributed by atoms with Crippen molar-refractivity contribution >= 4 is 6.08 Å². The fraction of sp³-hybridized carbons (Fsp3) is 0.385. The Morgan fingerprint density at radius 1 is 1.26 bits per heavy atom. The Balaban J connectivity index is 3.31. The fourth-order valence-corrected chi connectivity index (χ4v) is 1.55. The van der Waals surface area contributed by atoms with Crippen molar-refractivity contribution < 1.29 is 19.1 Å². The van der Waals surface area contributed by atoms with Crippen LogP contribution in [0, 0.1) is 10.1 Å². The number of benzene rings is 1. The van der Waals surface area contributed by atoms with Crippen LogP contribution in [0.4, 0.5) is 0 Å². The van der Waals surface area contributed by atoms with Gasteiger partial charge in [0.15, 0.2) is 11.5 Å². The van der Waals surface area contributed by atoms with Gasteiger partial charge in [-0.05, 0) is 13.0 Å². The molecule has 0 aliphatic rings. The first-order valence-corrected chi connectivity index (χ1v) is 5.75. The summed E-state index contributed by atoms with van der Waals surface area (Å²) >= 11 is 0. The number of methoxy groups -OCH3 is 2. The Bertz CT molecular complexity index is 496. The number of ether oxygens (including phenoxy) is 3. The van der Waals surface area contributed by atoms with Gasteiger partial charge in [0.25, 0.3) is 0 Å². The second-order valence-corrected chi connectivity index (χ2v) is 3.72. The number of nitrogens with zero attached hydrogens (tertiary/aromatic N) is 1. The topological polar surface area (TPSA) is 70.8 Å². The first kappa shape index (κ1) is 14.8. The number of nitro groups is 1. The first-order valence-electron chi connectivity index (χ1n) is 5.75. The highest BCUT2D eigenvalue weighted by atomic mass is 16.6. The van der Waals surface area contributed by atoms with Crippen LogP contribution in [0.15, 0.2) is 17.8 Å². The van der Waals surface area contributed by atoms with Crippen molar-refractivity contribution in [3.05, 3.63) is 33.5 Å². The van der Waals surface area contributed by atoms with E-state index in [4.69, 9.17) is 14.2 Å². The molecule has 0 saturated heterocycles. The molecule has 19 heavy (non-hydrogen) atoms. The number of hydrogen-bond acceptors (Lipinski definition) is 5. The highest BCUT2D eigenvalue weighted by molar-refractivity contribution is 5.64. The quantitative estimate of drug-likeness (QED) is 0.585. The molecule has 0 atom stereocenters. The molecule has 1 rings (SSSR count). The lowest BCUT2D eigenvalue weighted by atomic mass is 10.1. The summed E-state index contributed by atoms with van der Waals surface area (Å²) < 4.78 is 15.8. The minimum Gasteiger partial charge on any atom is -0.496 e. The van der Waals surface area contributed by atoms with Crippen LogP contribution in [-0.2, 0) is 0 Å². The highest BCUT2D eigenvalue weighted by Crippen LogP contribution is 2.35. The van der Waals surface area contributed by atoms with Crippen LogP contribution in [0.3, 0.4) is 0 Å². The number of allylic oxidation sites excluding steroid dienone is 1. The smallest absolute Gasteiger partial charge is 0.243 e. The molecule has 6 heteroatoms. The van der Waals surface area contributed by atoms with Crippen LogP contribution < -0.4 is 14.2 Å². The average Bonchev–Trinajstić information content (AvgIpc) is 2.39. The largest absolute Gasteiger partial charge is 0.496 e. The number of hydrogen-bond donors (Lipinski definition) is 0. The lowest BCUT2D eigenvalue weighted by Gasteiger charge is -2.13. The van der Waals surface area contributed by atoms with Crippen molar-refractivity contribution in [1.82, 2.24) is 0 Å². The molecule has 0 aliphatic heterocycles. The Kier molecular flexibility index (Phi) is 5.17. The SMILES string of the molecule is CCOc1cc(OC)c(/C=C(\C)[N+](=O)[O-])cc1OC. The molecule has 0 amide bonds. The average molecular weight is 267 g/mol. The molecule has 0 fully saturated rings. The van der Waals surface area contributed by atoms with E-state index in [1.807, 2.05) is 6.92 Å². The van der Waals surface area contributed by atoms with Crippen LogP contribution in [0.25, 0.3) is 6.08 Å². The maximum atomic E-state index is 10.7. The van der Waals surface area contributed by atoms with Gasteiger partial charge in [0.2, 0.25) is 5.70 Å². The highest BCUT2D eigenvalue weighted by Gasteiger charge is 2.13. The second-order valence-electron chi connectivity index (χ2n) is 3.72. The molecule has 0 aliphatic carbocycles. The maximum Gasteiger partial charge on any atom is 0.243 e. The molecule has 0 N–H and O–H groups in total. The summed E-state index contributed by atoms with van der Waals surface area (Å²) in [7, 11) is 3.01. The van der Waals surface area contributed by atoms with E-state index in [1.165, 1.54) is 27.2 Å². The molecule has 6 nitrogen and oxygen atoms in total. The van der Waals surface area contributed by atoms with E-state index in [0.29, 0.717) is 29.4 Å². The summed E-state index contributed by atoms with van der Waals surface area (Å²) in [6.45, 7) is 3.77. The molecular formula is C13H17NO5. The van der Waals surface area contributed by atoms with Gasteiger partial charge in [-0.1, -0.05) is 0 Å². The summed E-state index contributed by atoms with van der Waals surface area (Å²) in [5.74, 6) is 1.54. The Morgan fingerprint density at radius 3 is 2.37 bits per heavy atom. The van der Waals surface area contributed by atoms with Gasteiger partial charge in [-0.2, -0.15) is 0 Å². The van der Waals surface area contributed by atoms with E-state index >= 15 is 0 Å². The van der Waals surface area contributed by atoms with E-state index < -0.39 is 4.92 Å². The van der Waals surface area contributed by atoms with E-state index in [-0.39, 0.29) is 5.70 Å². The summed E-state index contributed by atoms with van der Waals surface area (Å²) in [4.78, 5) is 10.2. The summed E-state index contributed by atoms with van der Waals surface area (Å²) in [6.07, 6.45) is 1.43. The summed E-state index contributed by atoms with van der Waals surface area (Å²) in [5, 5.41) is 10.7. The molecule has 104 valence electrons. The van der Waals surface area contributed by atoms with Crippen molar-refractivity contribution in [3.63, 3.8) is 0 Å². The molecule has 0 unspecified atom stereocenters. The third-order valence-electron chi connectivity index (χ3n) is 2.47. The van der Waals surface area contributed by atoms with Crippen LogP contribution in [-0.4, -0.2) is 25.7 Å². The van der Waals surface area contributed by atoms with Crippen LogP contribution in [0.5, 0.6) is 17.2 Å². The molecule has 0 radical (unpaired) electrons. The predicted molar refractivity (Wildman–Crippen MR) is 71.4 cm³/mol. The molecular weight excluding hydrogens is 250 g/mol. The molecule has 0 heterocycles. The van der Waals surface area contributed by atoms with Gasteiger partial charge in [0.05, 0.1) is 25.7 Å². The number of rotatable bonds is 6. The molecule has 0 bridgehead atoms. The van der Waals surface area contributed by atoms with Crippen molar-refractivity contribution in [2.45, 2.75) is 13.8 Å². The van der Waals surface area contributed by atoms with Gasteiger partial charge >= 0.3 is 0 Å². The maximum absolute atomic E-state index is 10.7. The van der Waals surface area contributed by atoms with Crippen molar-refractivity contribution in [3.8, 4) is 17.2 Å². The lowest BCUT2D eigenvalue weighted by Crippen LogP contribution is -1.99. The normalized spacial score (nSPS) is 11.1. The zero-order valence-electron chi connectivity index (χ0n) is 11.4. The van der Waals surface area contributed by atoms with Gasteiger partial charge in [-0.25, -0.2) is 0 Å². The predicted octanol–water partition coefficient (Wildman–Crippen LogP) is 2.74. The van der Waals surface area contributed by atoms with Crippen LogP contribution >= 0.6 is 0 Å². The van der Waals surface area contributed by atoms with Crippen molar-refractivity contribution in [2.75, 3.05) is 20.8 Å². The van der Waals surface area contributed by atoms with E-state index in [0.717, 1.165) is 0 Å². The second kappa shape index (κ2) is 6.63. The zero-order valence-corrected chi connectivity index (χ0v) is 11.4. The van der Waals surface area contributed by atoms with Crippen molar-refractivity contribution in [1.29, 1.82) is 0 Å². The van der Waals surface area contributed by atoms with Gasteiger partial charge in [0.1, 0.15) is 5.75 Å². The third-order valence-corrected chi connectivity index (χ3v) is 2.47. The first-order chi connectivity index (χ1) is 9.03. The summed E-state index contributed by atoms with van der Waals surface area (Å²) in [6, 6.07) is 3.30. The monoisotopic (exact) mass is 267 g/mol. The van der Waals surface area contributed by atoms with E-state index in [1.54, 1.807) is 12.1 Å². The third kappa shape index (κ3) is 3.61. The minimum absolute atomic E-state index is 0.0181. The summed E-state index contributed by atoms with van der Waals surface area (Å²) in [5.41, 5.74) is 0.585. The zero-order chi connectivity index (χ0) is 14.4. The van der Waals surface area contributed by atoms with Crippen LogP contribution in [0.2, 0.25) is 0 Å². The molecule has 1 aromatic carbocycles. The van der Waals surface area contributed by atoms with Gasteiger partial charge in [-0.15, -0.1) is 0 Å². The lowest BCUT2D eigenvalue weighted by molar-refractivity contribution is -0.422. The van der Waals surface area contributed by atoms with Gasteiger partial charge < -0.3 is 14.2 Å². The molecule has 0 saturated carbocycles. The van der Waals surface area contributed by atoms with E-state index in [9.17, 15) is 10.1 Å². The Morgan fingerprint density at radius 2 is 1.89 bits per heavy atom. The Labute approximate surface area is 111 Å². The van der Waals surface area contributed by atoms with E-state index in [2.05, 4.69) is 0 Å². The standard InChI is InChI=1S/C13H17NO5/c1-5-19-13-8-11(17-3)10(7-12(13)18-4)6-9(2)14(15)16/h6-8H,5H2,1-4H3/b9-6+. The molecule has 0 spiro atoms. The van der Waals surface area contributed by atoms with Crippen molar-refractivity contribution in [2.24, 2.45) is 0 Å². The van der Waals surface area contributed by atoms with Crippen LogP contribution in [0.1, 0.15) is 19.4 Å². The van der Waals surface area contributed by atoms with Gasteiger partial charge in [-0.3, -0.25) is 10.1 Å². The van der Waals surface area contributed by atoms with Gasteiger partial charge in [0, 0.05) is 24.6 Å². The Hall–Kier alpha value is -2.24. The molecule has 0 aromatic heterocycles. The fourth-order valence-electron chi connectivity index (χ4n) is 1.55.